The lowest BCUT2D eigenvalue weighted by Crippen LogP contribution is -2.38. The Hall–Kier alpha value is -1.39. The lowest BCUT2D eigenvalue weighted by Gasteiger charge is -2.26. The third-order valence-corrected chi connectivity index (χ3v) is 4.22. The summed E-state index contributed by atoms with van der Waals surface area (Å²) < 4.78 is 0. The van der Waals surface area contributed by atoms with E-state index in [9.17, 15) is 9.90 Å². The van der Waals surface area contributed by atoms with Crippen molar-refractivity contribution >= 4 is 5.91 Å². The molecule has 2 aliphatic rings. The van der Waals surface area contributed by atoms with E-state index in [-0.39, 0.29) is 18.6 Å². The summed E-state index contributed by atoms with van der Waals surface area (Å²) in [5.41, 5.74) is 3.26. The molecule has 0 spiro atoms. The van der Waals surface area contributed by atoms with Crippen molar-refractivity contribution < 1.29 is 9.90 Å². The quantitative estimate of drug-likeness (QED) is 0.831. The van der Waals surface area contributed by atoms with Crippen LogP contribution in [-0.4, -0.2) is 41.7 Å². The van der Waals surface area contributed by atoms with Gasteiger partial charge < -0.3 is 15.3 Å². The van der Waals surface area contributed by atoms with E-state index in [1.807, 2.05) is 17.0 Å². The van der Waals surface area contributed by atoms with Gasteiger partial charge in [0.15, 0.2) is 0 Å². The number of aliphatic hydroxyl groups is 1. The third kappa shape index (κ3) is 2.26. The summed E-state index contributed by atoms with van der Waals surface area (Å²) in [7, 11) is 0. The molecule has 4 heteroatoms. The standard InChI is InChI=1S/C15H20N2O2/c18-10-12-4-2-8-17(12)15(19)14-5-1-3-11-9-16-7-6-13(11)14/h1,3,5,12,16,18H,2,4,6-10H2. The molecule has 1 fully saturated rings. The van der Waals surface area contributed by atoms with Crippen molar-refractivity contribution in [2.24, 2.45) is 0 Å². The molecule has 1 saturated heterocycles. The second kappa shape index (κ2) is 5.31. The molecule has 0 radical (unpaired) electrons. The minimum Gasteiger partial charge on any atom is -0.394 e. The fraction of sp³-hybridized carbons (Fsp3) is 0.533. The zero-order valence-electron chi connectivity index (χ0n) is 11.1. The van der Waals surface area contributed by atoms with Crippen LogP contribution in [0.5, 0.6) is 0 Å². The summed E-state index contributed by atoms with van der Waals surface area (Å²) in [6, 6.07) is 5.98. The number of hydrogen-bond donors (Lipinski definition) is 2. The Labute approximate surface area is 113 Å². The minimum atomic E-state index is 0.00470. The Balaban J connectivity index is 1.91. The van der Waals surface area contributed by atoms with Gasteiger partial charge in [0, 0.05) is 18.7 Å². The van der Waals surface area contributed by atoms with Gasteiger partial charge in [0.1, 0.15) is 0 Å². The van der Waals surface area contributed by atoms with Gasteiger partial charge in [-0.25, -0.2) is 0 Å². The first-order valence-electron chi connectivity index (χ1n) is 7.04. The van der Waals surface area contributed by atoms with Crippen LogP contribution in [0.15, 0.2) is 18.2 Å². The highest BCUT2D eigenvalue weighted by atomic mass is 16.3. The van der Waals surface area contributed by atoms with Crippen LogP contribution in [0.2, 0.25) is 0 Å². The highest BCUT2D eigenvalue weighted by Gasteiger charge is 2.30. The van der Waals surface area contributed by atoms with Crippen LogP contribution in [0.25, 0.3) is 0 Å². The van der Waals surface area contributed by atoms with Crippen LogP contribution in [0, 0.1) is 0 Å². The van der Waals surface area contributed by atoms with Gasteiger partial charge in [-0.1, -0.05) is 12.1 Å². The SMILES string of the molecule is O=C(c1cccc2c1CCNC2)N1CCCC1CO. The number of fused-ring (bicyclic) bond motifs is 1. The summed E-state index contributed by atoms with van der Waals surface area (Å²) in [5, 5.41) is 12.7. The molecule has 0 bridgehead atoms. The fourth-order valence-electron chi connectivity index (χ4n) is 3.18. The van der Waals surface area contributed by atoms with Gasteiger partial charge in [-0.3, -0.25) is 4.79 Å². The van der Waals surface area contributed by atoms with E-state index in [1.165, 1.54) is 11.1 Å². The first kappa shape index (κ1) is 12.6. The second-order valence-corrected chi connectivity index (χ2v) is 5.35. The van der Waals surface area contributed by atoms with Gasteiger partial charge in [-0.15, -0.1) is 0 Å². The highest BCUT2D eigenvalue weighted by Crippen LogP contribution is 2.24. The predicted molar refractivity (Wildman–Crippen MR) is 73.0 cm³/mol. The van der Waals surface area contributed by atoms with Gasteiger partial charge in [0.05, 0.1) is 12.6 Å². The second-order valence-electron chi connectivity index (χ2n) is 5.35. The number of likely N-dealkylation sites (tertiary alicyclic amines) is 1. The molecule has 102 valence electrons. The molecule has 4 nitrogen and oxygen atoms in total. The lowest BCUT2D eigenvalue weighted by molar-refractivity contribution is 0.0676. The van der Waals surface area contributed by atoms with Gasteiger partial charge in [-0.2, -0.15) is 0 Å². The minimum absolute atomic E-state index is 0.00470. The number of carbonyl (C=O) groups excluding carboxylic acids is 1. The predicted octanol–water partition coefficient (Wildman–Crippen LogP) is 0.929. The molecule has 2 N–H and O–H groups in total. The van der Waals surface area contributed by atoms with E-state index >= 15 is 0 Å². The zero-order valence-corrected chi connectivity index (χ0v) is 11.1. The Kier molecular flexibility index (Phi) is 3.53. The van der Waals surface area contributed by atoms with Crippen molar-refractivity contribution in [1.29, 1.82) is 0 Å². The number of amides is 1. The maximum atomic E-state index is 12.7. The molecule has 0 aliphatic carbocycles. The lowest BCUT2D eigenvalue weighted by atomic mass is 9.94. The summed E-state index contributed by atoms with van der Waals surface area (Å²) in [4.78, 5) is 14.5. The van der Waals surface area contributed by atoms with Gasteiger partial charge in [0.2, 0.25) is 0 Å². The van der Waals surface area contributed by atoms with Crippen LogP contribution in [-0.2, 0) is 13.0 Å². The maximum Gasteiger partial charge on any atom is 0.254 e. The highest BCUT2D eigenvalue weighted by molar-refractivity contribution is 5.96. The summed E-state index contributed by atoms with van der Waals surface area (Å²) in [6.07, 6.45) is 2.82. The van der Waals surface area contributed by atoms with E-state index in [1.54, 1.807) is 0 Å². The van der Waals surface area contributed by atoms with E-state index in [2.05, 4.69) is 11.4 Å². The van der Waals surface area contributed by atoms with Crippen LogP contribution in [0.1, 0.15) is 34.3 Å². The third-order valence-electron chi connectivity index (χ3n) is 4.22. The average Bonchev–Trinajstić information content (AvgIpc) is 2.94. The summed E-state index contributed by atoms with van der Waals surface area (Å²) >= 11 is 0. The molecule has 1 aromatic carbocycles. The normalized spacial score (nSPS) is 22.4. The van der Waals surface area contributed by atoms with Crippen LogP contribution in [0.3, 0.4) is 0 Å². The number of benzene rings is 1. The van der Waals surface area contributed by atoms with E-state index in [4.69, 9.17) is 0 Å². The first-order valence-corrected chi connectivity index (χ1v) is 7.04. The molecule has 0 aromatic heterocycles. The Morgan fingerprint density at radius 2 is 2.37 bits per heavy atom. The summed E-state index contributed by atoms with van der Waals surface area (Å²) in [6.45, 7) is 2.62. The molecule has 3 rings (SSSR count). The van der Waals surface area contributed by atoms with Crippen molar-refractivity contribution in [3.05, 3.63) is 34.9 Å². The largest absolute Gasteiger partial charge is 0.394 e. The number of nitrogens with zero attached hydrogens (tertiary/aromatic N) is 1. The smallest absolute Gasteiger partial charge is 0.254 e. The molecule has 19 heavy (non-hydrogen) atoms. The molecule has 1 unspecified atom stereocenters. The number of rotatable bonds is 2. The van der Waals surface area contributed by atoms with Crippen LogP contribution >= 0.6 is 0 Å². The van der Waals surface area contributed by atoms with Crippen LogP contribution in [0.4, 0.5) is 0 Å². The first-order chi connectivity index (χ1) is 9.31. The average molecular weight is 260 g/mol. The van der Waals surface area contributed by atoms with E-state index in [0.29, 0.717) is 0 Å². The van der Waals surface area contributed by atoms with Crippen molar-refractivity contribution in [1.82, 2.24) is 10.2 Å². The van der Waals surface area contributed by atoms with Crippen molar-refractivity contribution in [3.63, 3.8) is 0 Å². The summed E-state index contributed by atoms with van der Waals surface area (Å²) in [5.74, 6) is 0.0929. The van der Waals surface area contributed by atoms with Gasteiger partial charge in [-0.05, 0) is 43.0 Å². The Morgan fingerprint density at radius 1 is 1.47 bits per heavy atom. The molecular formula is C15H20N2O2. The number of hydrogen-bond acceptors (Lipinski definition) is 3. The molecule has 1 amide bonds. The molecule has 2 heterocycles. The van der Waals surface area contributed by atoms with E-state index in [0.717, 1.165) is 44.5 Å². The van der Waals surface area contributed by atoms with Gasteiger partial charge >= 0.3 is 0 Å². The number of nitrogens with one attached hydrogen (secondary N) is 1. The maximum absolute atomic E-state index is 12.7. The molecule has 1 aromatic rings. The Morgan fingerprint density at radius 3 is 3.21 bits per heavy atom. The number of aliphatic hydroxyl groups excluding tert-OH is 1. The molecule has 1 atom stereocenters. The molecule has 2 aliphatic heterocycles. The molecular weight excluding hydrogens is 240 g/mol. The fourth-order valence-corrected chi connectivity index (χ4v) is 3.18. The van der Waals surface area contributed by atoms with Crippen molar-refractivity contribution in [2.45, 2.75) is 31.8 Å². The van der Waals surface area contributed by atoms with Crippen molar-refractivity contribution in [2.75, 3.05) is 19.7 Å². The monoisotopic (exact) mass is 260 g/mol. The zero-order chi connectivity index (χ0) is 13.2. The number of carbonyl (C=O) groups is 1. The Bertz CT molecular complexity index is 487. The topological polar surface area (TPSA) is 52.6 Å². The molecule has 0 saturated carbocycles. The van der Waals surface area contributed by atoms with Crippen molar-refractivity contribution in [3.8, 4) is 0 Å². The van der Waals surface area contributed by atoms with Gasteiger partial charge in [0.25, 0.3) is 5.91 Å². The van der Waals surface area contributed by atoms with E-state index < -0.39 is 0 Å². The van der Waals surface area contributed by atoms with Crippen LogP contribution < -0.4 is 5.32 Å².